The number of aliphatic hydroxyl groups is 1. The zero-order valence-electron chi connectivity index (χ0n) is 17.5. The molecule has 1 saturated carbocycles. The largest absolute Gasteiger partial charge is 0.443 e. The summed E-state index contributed by atoms with van der Waals surface area (Å²) in [5.74, 6) is 0.411. The van der Waals surface area contributed by atoms with E-state index in [1.807, 2.05) is 20.8 Å². The summed E-state index contributed by atoms with van der Waals surface area (Å²) >= 11 is 6.28. The van der Waals surface area contributed by atoms with Crippen molar-refractivity contribution in [1.29, 1.82) is 0 Å². The molecule has 2 fully saturated rings. The van der Waals surface area contributed by atoms with Crippen molar-refractivity contribution >= 4 is 34.5 Å². The number of nitrogens with zero attached hydrogens (tertiary/aromatic N) is 5. The highest BCUT2D eigenvalue weighted by Gasteiger charge is 2.35. The maximum absolute atomic E-state index is 13.2. The number of hydrogen-bond donors (Lipinski definition) is 1. The molecule has 0 radical (unpaired) electrons. The molecule has 9 nitrogen and oxygen atoms in total. The van der Waals surface area contributed by atoms with Crippen molar-refractivity contribution < 1.29 is 19.4 Å². The predicted octanol–water partition coefficient (Wildman–Crippen LogP) is 3.83. The highest BCUT2D eigenvalue weighted by Crippen LogP contribution is 2.36. The van der Waals surface area contributed by atoms with Crippen molar-refractivity contribution in [3.8, 4) is 0 Å². The Morgan fingerprint density at radius 1 is 1.30 bits per heavy atom. The number of halogens is 1. The van der Waals surface area contributed by atoms with Gasteiger partial charge in [0.05, 0.1) is 24.3 Å². The molecule has 30 heavy (non-hydrogen) atoms. The Bertz CT molecular complexity index is 922. The third-order valence-corrected chi connectivity index (χ3v) is 5.65. The summed E-state index contributed by atoms with van der Waals surface area (Å²) in [6.45, 7) is 5.48. The fourth-order valence-corrected chi connectivity index (χ4v) is 4.32. The quantitative estimate of drug-likeness (QED) is 0.725. The van der Waals surface area contributed by atoms with Crippen LogP contribution in [0, 0.1) is 0 Å². The zero-order valence-corrected chi connectivity index (χ0v) is 18.3. The summed E-state index contributed by atoms with van der Waals surface area (Å²) < 4.78 is 13.2. The first-order valence-corrected chi connectivity index (χ1v) is 10.8. The van der Waals surface area contributed by atoms with Gasteiger partial charge in [0.2, 0.25) is 5.28 Å². The van der Waals surface area contributed by atoms with Gasteiger partial charge in [-0.1, -0.05) is 12.8 Å². The summed E-state index contributed by atoms with van der Waals surface area (Å²) in [5.41, 5.74) is -0.134. The van der Waals surface area contributed by atoms with E-state index in [1.54, 1.807) is 15.8 Å². The van der Waals surface area contributed by atoms with E-state index in [4.69, 9.17) is 21.1 Å². The minimum absolute atomic E-state index is 0.0149. The SMILES string of the molecule is CC(C)(C)OC(=O)N(c1nc(Cl)nc2c1cnn2[C@H]1CCC(CO)O1)C1CCCC1. The highest BCUT2D eigenvalue weighted by atomic mass is 35.5. The number of fused-ring (bicyclic) bond motifs is 1. The minimum atomic E-state index is -0.634. The van der Waals surface area contributed by atoms with Crippen molar-refractivity contribution in [2.24, 2.45) is 0 Å². The Balaban J connectivity index is 1.76. The molecule has 0 aromatic carbocycles. The molecule has 2 aliphatic rings. The van der Waals surface area contributed by atoms with Gasteiger partial charge < -0.3 is 14.6 Å². The van der Waals surface area contributed by atoms with Gasteiger partial charge in [-0.2, -0.15) is 15.1 Å². The summed E-state index contributed by atoms with van der Waals surface area (Å²) in [6.07, 6.45) is 5.91. The number of amides is 1. The summed E-state index contributed by atoms with van der Waals surface area (Å²) in [5, 5.41) is 14.5. The molecule has 1 aliphatic carbocycles. The van der Waals surface area contributed by atoms with Crippen molar-refractivity contribution in [3.63, 3.8) is 0 Å². The van der Waals surface area contributed by atoms with Crippen LogP contribution in [0.3, 0.4) is 0 Å². The van der Waals surface area contributed by atoms with Crippen LogP contribution in [0.1, 0.15) is 65.5 Å². The van der Waals surface area contributed by atoms with Crippen LogP contribution in [-0.2, 0) is 9.47 Å². The fourth-order valence-electron chi connectivity index (χ4n) is 4.16. The second kappa shape index (κ2) is 8.28. The number of anilines is 1. The first-order valence-electron chi connectivity index (χ1n) is 10.5. The number of aromatic nitrogens is 4. The van der Waals surface area contributed by atoms with E-state index >= 15 is 0 Å². The number of carbonyl (C=O) groups is 1. The standard InChI is InChI=1S/C20H28ClN5O4/c1-20(2,3)30-19(28)25(12-6-4-5-7-12)16-14-10-22-26(17(14)24-18(21)23-16)15-9-8-13(11-27)29-15/h10,12-13,15,27H,4-9,11H2,1-3H3/t13?,15-/m1/s1. The van der Waals surface area contributed by atoms with Crippen molar-refractivity contribution in [2.45, 2.75) is 83.3 Å². The maximum atomic E-state index is 13.2. The van der Waals surface area contributed by atoms with Crippen LogP contribution in [-0.4, -0.2) is 55.3 Å². The van der Waals surface area contributed by atoms with Gasteiger partial charge in [0.1, 0.15) is 5.60 Å². The molecule has 1 aliphatic heterocycles. The number of carbonyl (C=O) groups excluding carboxylic acids is 1. The number of aliphatic hydroxyl groups excluding tert-OH is 1. The molecule has 2 atom stereocenters. The van der Waals surface area contributed by atoms with Gasteiger partial charge in [-0.05, 0) is 58.1 Å². The lowest BCUT2D eigenvalue weighted by molar-refractivity contribution is -0.0262. The topological polar surface area (TPSA) is 103 Å². The lowest BCUT2D eigenvalue weighted by Crippen LogP contribution is -2.43. The molecule has 2 aromatic heterocycles. The molecule has 2 aromatic rings. The zero-order chi connectivity index (χ0) is 21.5. The lowest BCUT2D eigenvalue weighted by Gasteiger charge is -2.31. The van der Waals surface area contributed by atoms with Gasteiger partial charge >= 0.3 is 6.09 Å². The van der Waals surface area contributed by atoms with Crippen LogP contribution in [0.25, 0.3) is 11.0 Å². The Morgan fingerprint density at radius 3 is 2.67 bits per heavy atom. The molecule has 164 valence electrons. The maximum Gasteiger partial charge on any atom is 0.416 e. The van der Waals surface area contributed by atoms with Crippen LogP contribution < -0.4 is 4.90 Å². The molecular weight excluding hydrogens is 410 g/mol. The summed E-state index contributed by atoms with van der Waals surface area (Å²) in [4.78, 5) is 23.6. The van der Waals surface area contributed by atoms with Crippen LogP contribution in [0.15, 0.2) is 6.20 Å². The minimum Gasteiger partial charge on any atom is -0.443 e. The molecule has 1 amide bonds. The van der Waals surface area contributed by atoms with E-state index in [9.17, 15) is 9.90 Å². The molecule has 0 bridgehead atoms. The molecule has 0 spiro atoms. The van der Waals surface area contributed by atoms with E-state index < -0.39 is 11.7 Å². The average molecular weight is 438 g/mol. The van der Waals surface area contributed by atoms with Crippen LogP contribution in [0.5, 0.6) is 0 Å². The van der Waals surface area contributed by atoms with E-state index in [0.717, 1.165) is 32.1 Å². The Labute approximate surface area is 180 Å². The fraction of sp³-hybridized carbons (Fsp3) is 0.700. The van der Waals surface area contributed by atoms with E-state index in [2.05, 4.69) is 15.1 Å². The monoisotopic (exact) mass is 437 g/mol. The van der Waals surface area contributed by atoms with Crippen molar-refractivity contribution in [2.75, 3.05) is 11.5 Å². The van der Waals surface area contributed by atoms with Gasteiger partial charge in [0, 0.05) is 6.04 Å². The smallest absolute Gasteiger partial charge is 0.416 e. The van der Waals surface area contributed by atoms with Crippen LogP contribution in [0.4, 0.5) is 10.6 Å². The number of ether oxygens (including phenoxy) is 2. The molecule has 1 N–H and O–H groups in total. The molecule has 1 unspecified atom stereocenters. The Kier molecular flexibility index (Phi) is 5.87. The van der Waals surface area contributed by atoms with E-state index in [-0.39, 0.29) is 30.3 Å². The molecule has 1 saturated heterocycles. The summed E-state index contributed by atoms with van der Waals surface area (Å²) in [7, 11) is 0. The van der Waals surface area contributed by atoms with Gasteiger partial charge in [0.25, 0.3) is 0 Å². The average Bonchev–Trinajstić information content (AvgIpc) is 3.40. The second-order valence-corrected chi connectivity index (χ2v) is 9.24. The van der Waals surface area contributed by atoms with Crippen LogP contribution >= 0.6 is 11.6 Å². The Hall–Kier alpha value is -1.97. The molecule has 4 rings (SSSR count). The molecule has 10 heteroatoms. The number of rotatable bonds is 4. The van der Waals surface area contributed by atoms with E-state index in [1.165, 1.54) is 0 Å². The first kappa shape index (κ1) is 21.3. The van der Waals surface area contributed by atoms with Crippen molar-refractivity contribution in [1.82, 2.24) is 19.7 Å². The van der Waals surface area contributed by atoms with Crippen molar-refractivity contribution in [3.05, 3.63) is 11.5 Å². The third kappa shape index (κ3) is 4.24. The van der Waals surface area contributed by atoms with Gasteiger partial charge in [-0.15, -0.1) is 0 Å². The van der Waals surface area contributed by atoms with Gasteiger partial charge in [-0.3, -0.25) is 4.90 Å². The van der Waals surface area contributed by atoms with Crippen LogP contribution in [0.2, 0.25) is 5.28 Å². The first-order chi connectivity index (χ1) is 14.3. The second-order valence-electron chi connectivity index (χ2n) is 8.90. The third-order valence-electron chi connectivity index (χ3n) is 5.48. The van der Waals surface area contributed by atoms with Gasteiger partial charge in [0.15, 0.2) is 17.7 Å². The van der Waals surface area contributed by atoms with E-state index in [0.29, 0.717) is 23.3 Å². The Morgan fingerprint density at radius 2 is 2.03 bits per heavy atom. The lowest BCUT2D eigenvalue weighted by atomic mass is 10.2. The number of hydrogen-bond acceptors (Lipinski definition) is 7. The molecule has 3 heterocycles. The molecular formula is C20H28ClN5O4. The van der Waals surface area contributed by atoms with Gasteiger partial charge in [-0.25, -0.2) is 9.48 Å². The predicted molar refractivity (Wildman–Crippen MR) is 112 cm³/mol. The summed E-state index contributed by atoms with van der Waals surface area (Å²) in [6, 6.07) is -0.0149. The highest BCUT2D eigenvalue weighted by molar-refractivity contribution is 6.28. The normalized spacial score (nSPS) is 22.7.